The maximum absolute atomic E-state index is 12.6. The molecule has 2 aromatic rings. The topological polar surface area (TPSA) is 53.4 Å². The summed E-state index contributed by atoms with van der Waals surface area (Å²) < 4.78 is 25.2. The van der Waals surface area contributed by atoms with E-state index in [1.165, 1.54) is 18.5 Å². The Labute approximate surface area is 124 Å². The van der Waals surface area contributed by atoms with Crippen molar-refractivity contribution in [3.8, 4) is 11.1 Å². The summed E-state index contributed by atoms with van der Waals surface area (Å²) in [7, 11) is 0. The van der Waals surface area contributed by atoms with Crippen molar-refractivity contribution in [2.24, 2.45) is 0 Å². The zero-order valence-electron chi connectivity index (χ0n) is 10.7. The number of carboxylic acid groups (broad SMARTS) is 1. The van der Waals surface area contributed by atoms with Crippen molar-refractivity contribution < 1.29 is 18.7 Å². The highest BCUT2D eigenvalue weighted by Crippen LogP contribution is 2.34. The van der Waals surface area contributed by atoms with Gasteiger partial charge in [-0.25, -0.2) is 13.6 Å². The Morgan fingerprint density at radius 1 is 1.29 bits per heavy atom. The van der Waals surface area contributed by atoms with E-state index in [0.29, 0.717) is 21.0 Å². The van der Waals surface area contributed by atoms with Gasteiger partial charge in [0.1, 0.15) is 0 Å². The molecule has 0 radical (unpaired) electrons. The van der Waals surface area contributed by atoms with E-state index in [2.05, 4.69) is 4.98 Å². The third-order valence-corrected chi connectivity index (χ3v) is 3.14. The third-order valence-electron chi connectivity index (χ3n) is 2.81. The molecular formula is C14H11ClF2N2O2. The van der Waals surface area contributed by atoms with Gasteiger partial charge in [0.05, 0.1) is 18.4 Å². The minimum absolute atomic E-state index is 0.0680. The van der Waals surface area contributed by atoms with Gasteiger partial charge in [0.15, 0.2) is 0 Å². The average molecular weight is 313 g/mol. The molecule has 1 heterocycles. The number of carbonyl (C=O) groups is 1. The van der Waals surface area contributed by atoms with Crippen LogP contribution in [-0.4, -0.2) is 29.2 Å². The predicted octanol–water partition coefficient (Wildman–Crippen LogP) is 4.15. The van der Waals surface area contributed by atoms with Gasteiger partial charge in [-0.2, -0.15) is 0 Å². The van der Waals surface area contributed by atoms with Crippen LogP contribution in [0.3, 0.4) is 0 Å². The van der Waals surface area contributed by atoms with Crippen LogP contribution < -0.4 is 4.90 Å². The number of amides is 1. The molecule has 1 amide bonds. The van der Waals surface area contributed by atoms with Crippen LogP contribution in [0.4, 0.5) is 19.3 Å². The van der Waals surface area contributed by atoms with Crippen LogP contribution in [0.5, 0.6) is 0 Å². The van der Waals surface area contributed by atoms with Gasteiger partial charge < -0.3 is 5.11 Å². The minimum atomic E-state index is -2.79. The van der Waals surface area contributed by atoms with Gasteiger partial charge >= 0.3 is 6.09 Å². The Balaban J connectivity index is 2.55. The van der Waals surface area contributed by atoms with Crippen molar-refractivity contribution in [2.45, 2.75) is 6.43 Å². The molecule has 0 aliphatic carbocycles. The Kier molecular flexibility index (Phi) is 4.70. The first-order valence-corrected chi connectivity index (χ1v) is 6.36. The zero-order valence-corrected chi connectivity index (χ0v) is 11.5. The number of anilines is 1. The number of nitrogens with zero attached hydrogens (tertiary/aromatic N) is 2. The molecule has 4 nitrogen and oxygen atoms in total. The van der Waals surface area contributed by atoms with E-state index in [1.54, 1.807) is 24.3 Å². The fraction of sp³-hybridized carbons (Fsp3) is 0.143. The molecule has 0 aliphatic rings. The first kappa shape index (κ1) is 15.2. The van der Waals surface area contributed by atoms with E-state index in [-0.39, 0.29) is 5.69 Å². The molecule has 1 aromatic carbocycles. The maximum atomic E-state index is 12.6. The van der Waals surface area contributed by atoms with Crippen LogP contribution >= 0.6 is 11.6 Å². The van der Waals surface area contributed by atoms with E-state index < -0.39 is 19.1 Å². The number of alkyl halides is 2. The van der Waals surface area contributed by atoms with Crippen LogP contribution in [-0.2, 0) is 0 Å². The second kappa shape index (κ2) is 6.49. The lowest BCUT2D eigenvalue weighted by Gasteiger charge is -2.21. The van der Waals surface area contributed by atoms with Crippen LogP contribution in [0.25, 0.3) is 11.1 Å². The van der Waals surface area contributed by atoms with E-state index in [0.717, 1.165) is 0 Å². The number of benzene rings is 1. The fourth-order valence-electron chi connectivity index (χ4n) is 1.93. The summed E-state index contributed by atoms with van der Waals surface area (Å²) >= 11 is 6.09. The molecule has 1 N–H and O–H groups in total. The highest BCUT2D eigenvalue weighted by atomic mass is 35.5. The van der Waals surface area contributed by atoms with Crippen molar-refractivity contribution in [3.63, 3.8) is 0 Å². The average Bonchev–Trinajstić information content (AvgIpc) is 2.45. The van der Waals surface area contributed by atoms with Crippen LogP contribution in [0.2, 0.25) is 5.02 Å². The Morgan fingerprint density at radius 2 is 2.00 bits per heavy atom. The van der Waals surface area contributed by atoms with E-state index in [9.17, 15) is 13.6 Å². The molecule has 0 atom stereocenters. The number of aromatic nitrogens is 1. The van der Waals surface area contributed by atoms with Gasteiger partial charge in [-0.3, -0.25) is 9.88 Å². The number of hydrogen-bond donors (Lipinski definition) is 1. The lowest BCUT2D eigenvalue weighted by Crippen LogP contribution is -2.34. The van der Waals surface area contributed by atoms with Crippen LogP contribution in [0.15, 0.2) is 42.7 Å². The van der Waals surface area contributed by atoms with Crippen LogP contribution in [0, 0.1) is 0 Å². The molecule has 0 spiro atoms. The van der Waals surface area contributed by atoms with Gasteiger partial charge in [0.2, 0.25) is 0 Å². The minimum Gasteiger partial charge on any atom is -0.465 e. The van der Waals surface area contributed by atoms with E-state index in [1.807, 2.05) is 0 Å². The smallest absolute Gasteiger partial charge is 0.412 e. The summed E-state index contributed by atoms with van der Waals surface area (Å²) in [6.45, 7) is -0.932. The Hall–Kier alpha value is -2.21. The highest BCUT2D eigenvalue weighted by molar-refractivity contribution is 6.33. The zero-order chi connectivity index (χ0) is 15.4. The first-order valence-electron chi connectivity index (χ1n) is 5.98. The number of halogens is 3. The molecule has 0 saturated heterocycles. The van der Waals surface area contributed by atoms with Crippen molar-refractivity contribution in [3.05, 3.63) is 47.7 Å². The lowest BCUT2D eigenvalue weighted by atomic mass is 10.0. The molecule has 0 fully saturated rings. The van der Waals surface area contributed by atoms with Gasteiger partial charge in [-0.05, 0) is 12.1 Å². The normalized spacial score (nSPS) is 10.7. The fourth-order valence-corrected chi connectivity index (χ4v) is 2.16. The molecule has 0 unspecified atom stereocenters. The SMILES string of the molecule is O=C(O)N(CC(F)F)c1cnccc1-c1ccccc1Cl. The second-order valence-corrected chi connectivity index (χ2v) is 4.56. The number of hydrogen-bond acceptors (Lipinski definition) is 2. The van der Waals surface area contributed by atoms with Crippen molar-refractivity contribution >= 4 is 23.4 Å². The van der Waals surface area contributed by atoms with E-state index >= 15 is 0 Å². The summed E-state index contributed by atoms with van der Waals surface area (Å²) in [5, 5.41) is 9.54. The Morgan fingerprint density at radius 3 is 2.62 bits per heavy atom. The Bertz CT molecular complexity index is 652. The van der Waals surface area contributed by atoms with Gasteiger partial charge in [0, 0.05) is 22.3 Å². The van der Waals surface area contributed by atoms with Gasteiger partial charge in [-0.1, -0.05) is 29.8 Å². The summed E-state index contributed by atoms with van der Waals surface area (Å²) in [4.78, 5) is 15.6. The van der Waals surface area contributed by atoms with Crippen LogP contribution in [0.1, 0.15) is 0 Å². The standard InChI is InChI=1S/C14H11ClF2N2O2/c15-11-4-2-1-3-9(11)10-5-6-18-7-12(10)19(14(20)21)8-13(16)17/h1-7,13H,8H2,(H,20,21). The molecule has 7 heteroatoms. The van der Waals surface area contributed by atoms with Gasteiger partial charge in [0.25, 0.3) is 6.43 Å². The molecule has 0 saturated carbocycles. The van der Waals surface area contributed by atoms with Gasteiger partial charge in [-0.15, -0.1) is 0 Å². The molecule has 21 heavy (non-hydrogen) atoms. The monoisotopic (exact) mass is 312 g/mol. The molecule has 0 bridgehead atoms. The largest absolute Gasteiger partial charge is 0.465 e. The molecule has 0 aliphatic heterocycles. The summed E-state index contributed by atoms with van der Waals surface area (Å²) in [5.74, 6) is 0. The van der Waals surface area contributed by atoms with E-state index in [4.69, 9.17) is 16.7 Å². The van der Waals surface area contributed by atoms with Crippen molar-refractivity contribution in [1.82, 2.24) is 4.98 Å². The first-order chi connectivity index (χ1) is 10.0. The number of rotatable bonds is 4. The summed E-state index contributed by atoms with van der Waals surface area (Å²) in [5.41, 5.74) is 1.05. The van der Waals surface area contributed by atoms with Crippen molar-refractivity contribution in [1.29, 1.82) is 0 Å². The lowest BCUT2D eigenvalue weighted by molar-refractivity contribution is 0.148. The quantitative estimate of drug-likeness (QED) is 0.922. The molecule has 110 valence electrons. The van der Waals surface area contributed by atoms with Crippen molar-refractivity contribution in [2.75, 3.05) is 11.4 Å². The summed E-state index contributed by atoms with van der Waals surface area (Å²) in [6, 6.07) is 8.31. The predicted molar refractivity (Wildman–Crippen MR) is 76.1 cm³/mol. The third kappa shape index (κ3) is 3.46. The highest BCUT2D eigenvalue weighted by Gasteiger charge is 2.23. The molecular weight excluding hydrogens is 302 g/mol. The second-order valence-electron chi connectivity index (χ2n) is 4.16. The number of pyridine rings is 1. The molecule has 2 rings (SSSR count). The molecule has 1 aromatic heterocycles. The maximum Gasteiger partial charge on any atom is 0.412 e. The summed E-state index contributed by atoms with van der Waals surface area (Å²) in [6.07, 6.45) is -1.59.